The van der Waals surface area contributed by atoms with Crippen molar-refractivity contribution in [3.63, 3.8) is 0 Å². The number of likely N-dealkylation sites (tertiary alicyclic amines) is 1. The third-order valence-electron chi connectivity index (χ3n) is 6.33. The molecule has 2 aromatic carbocycles. The minimum atomic E-state index is -0.507. The quantitative estimate of drug-likeness (QED) is 0.314. The van der Waals surface area contributed by atoms with E-state index in [0.717, 1.165) is 43.3 Å². The van der Waals surface area contributed by atoms with Crippen LogP contribution in [-0.2, 0) is 22.7 Å². The van der Waals surface area contributed by atoms with Gasteiger partial charge in [0.05, 0.1) is 0 Å². The summed E-state index contributed by atoms with van der Waals surface area (Å²) in [6.07, 6.45) is 8.75. The molecule has 1 atom stereocenters. The van der Waals surface area contributed by atoms with Crippen molar-refractivity contribution >= 4 is 12.5 Å². The fourth-order valence-corrected chi connectivity index (χ4v) is 4.02. The number of nitrogens with zero attached hydrogens (tertiary/aromatic N) is 2. The maximum Gasteiger partial charge on any atom is 0.209 e. The predicted octanol–water partition coefficient (Wildman–Crippen LogP) is 4.74. The van der Waals surface area contributed by atoms with Gasteiger partial charge in [0, 0.05) is 19.3 Å². The van der Waals surface area contributed by atoms with Gasteiger partial charge in [-0.2, -0.15) is 0 Å². The molecule has 1 heterocycles. The van der Waals surface area contributed by atoms with Crippen LogP contribution in [0.2, 0.25) is 0 Å². The number of piperidine rings is 1. The number of halogens is 1. The minimum Gasteiger partial charge on any atom is -0.468 e. The van der Waals surface area contributed by atoms with E-state index in [9.17, 15) is 9.18 Å². The number of ether oxygens (including phenoxy) is 1. The van der Waals surface area contributed by atoms with Crippen molar-refractivity contribution < 1.29 is 18.8 Å². The smallest absolute Gasteiger partial charge is 0.209 e. The van der Waals surface area contributed by atoms with Gasteiger partial charge in [-0.1, -0.05) is 29.4 Å². The molecule has 31 heavy (non-hydrogen) atoms. The molecule has 1 saturated heterocycles. The SMILES string of the molecule is O=CC(Oc1ccc(CCC=NOCc2ccc(F)cc2)cc1)N1CCC2(CC1)CC2. The second kappa shape index (κ2) is 10.1. The van der Waals surface area contributed by atoms with Gasteiger partial charge in [0.15, 0.2) is 6.29 Å². The third kappa shape index (κ3) is 6.14. The van der Waals surface area contributed by atoms with Crippen LogP contribution in [0.4, 0.5) is 4.39 Å². The van der Waals surface area contributed by atoms with Crippen molar-refractivity contribution in [1.82, 2.24) is 4.90 Å². The average molecular weight is 425 g/mol. The first-order valence-electron chi connectivity index (χ1n) is 11.0. The van der Waals surface area contributed by atoms with E-state index in [-0.39, 0.29) is 5.82 Å². The van der Waals surface area contributed by atoms with Crippen LogP contribution in [0.1, 0.15) is 43.2 Å². The molecule has 0 bridgehead atoms. The van der Waals surface area contributed by atoms with Gasteiger partial charge in [-0.15, -0.1) is 0 Å². The molecule has 4 rings (SSSR count). The van der Waals surface area contributed by atoms with Crippen LogP contribution in [0.3, 0.4) is 0 Å². The Morgan fingerprint density at radius 2 is 1.68 bits per heavy atom. The lowest BCUT2D eigenvalue weighted by molar-refractivity contribution is -0.123. The van der Waals surface area contributed by atoms with Gasteiger partial charge in [-0.25, -0.2) is 4.39 Å². The molecule has 2 aliphatic rings. The van der Waals surface area contributed by atoms with Crippen LogP contribution in [-0.4, -0.2) is 36.7 Å². The van der Waals surface area contributed by atoms with Gasteiger partial charge in [0.2, 0.25) is 6.23 Å². The van der Waals surface area contributed by atoms with E-state index >= 15 is 0 Å². The number of aldehydes is 1. The summed E-state index contributed by atoms with van der Waals surface area (Å²) >= 11 is 0. The second-order valence-electron chi connectivity index (χ2n) is 8.55. The van der Waals surface area contributed by atoms with Crippen molar-refractivity contribution in [1.29, 1.82) is 0 Å². The van der Waals surface area contributed by atoms with Crippen LogP contribution in [0.25, 0.3) is 0 Å². The Hall–Kier alpha value is -2.73. The van der Waals surface area contributed by atoms with Crippen LogP contribution in [0, 0.1) is 11.2 Å². The highest BCUT2D eigenvalue weighted by Crippen LogP contribution is 2.53. The topological polar surface area (TPSA) is 51.1 Å². The van der Waals surface area contributed by atoms with Gasteiger partial charge in [-0.3, -0.25) is 9.69 Å². The summed E-state index contributed by atoms with van der Waals surface area (Å²) in [4.78, 5) is 19.0. The Morgan fingerprint density at radius 3 is 2.32 bits per heavy atom. The molecule has 1 aliphatic carbocycles. The molecular formula is C25H29FN2O3. The van der Waals surface area contributed by atoms with Crippen molar-refractivity contribution in [3.8, 4) is 5.75 Å². The average Bonchev–Trinajstić information content (AvgIpc) is 3.56. The molecule has 2 fully saturated rings. The summed E-state index contributed by atoms with van der Waals surface area (Å²) in [5.41, 5.74) is 2.62. The summed E-state index contributed by atoms with van der Waals surface area (Å²) in [5.74, 6) is 0.451. The first-order valence-corrected chi connectivity index (χ1v) is 11.0. The van der Waals surface area contributed by atoms with Gasteiger partial charge in [-0.05, 0) is 79.3 Å². The Labute approximate surface area is 182 Å². The predicted molar refractivity (Wildman–Crippen MR) is 117 cm³/mol. The number of hydrogen-bond acceptors (Lipinski definition) is 5. The number of oxime groups is 1. The summed E-state index contributed by atoms with van der Waals surface area (Å²) in [6.45, 7) is 2.19. The first kappa shape index (κ1) is 21.5. The molecule has 0 radical (unpaired) electrons. The zero-order valence-corrected chi connectivity index (χ0v) is 17.7. The summed E-state index contributed by atoms with van der Waals surface area (Å²) in [7, 11) is 0. The third-order valence-corrected chi connectivity index (χ3v) is 6.33. The van der Waals surface area contributed by atoms with E-state index in [0.29, 0.717) is 17.8 Å². The number of rotatable bonds is 10. The van der Waals surface area contributed by atoms with Gasteiger partial charge in [0.25, 0.3) is 0 Å². The molecule has 1 spiro atoms. The lowest BCUT2D eigenvalue weighted by atomic mass is 9.94. The second-order valence-corrected chi connectivity index (χ2v) is 8.55. The number of hydrogen-bond donors (Lipinski definition) is 0. The fraction of sp³-hybridized carbons (Fsp3) is 0.440. The highest BCUT2D eigenvalue weighted by atomic mass is 19.1. The van der Waals surface area contributed by atoms with Gasteiger partial charge < -0.3 is 9.57 Å². The molecule has 164 valence electrons. The van der Waals surface area contributed by atoms with E-state index in [1.54, 1.807) is 18.3 Å². The van der Waals surface area contributed by atoms with Crippen LogP contribution in [0.15, 0.2) is 53.7 Å². The summed E-state index contributed by atoms with van der Waals surface area (Å²) in [5, 5.41) is 3.95. The molecule has 1 saturated carbocycles. The first-order chi connectivity index (χ1) is 15.2. The van der Waals surface area contributed by atoms with Crippen LogP contribution in [0.5, 0.6) is 5.75 Å². The standard InChI is InChI=1S/C25H29FN2O3/c26-22-7-3-21(4-8-22)19-30-27-15-1-2-20-5-9-23(10-6-20)31-24(18-29)28-16-13-25(11-12-25)14-17-28/h3-10,15,18,24H,1-2,11-14,16-17,19H2. The fourth-order valence-electron chi connectivity index (χ4n) is 4.02. The van der Waals surface area contributed by atoms with E-state index in [4.69, 9.17) is 9.57 Å². The summed E-state index contributed by atoms with van der Waals surface area (Å²) < 4.78 is 18.8. The zero-order valence-electron chi connectivity index (χ0n) is 17.7. The highest BCUT2D eigenvalue weighted by Gasteiger charge is 2.45. The van der Waals surface area contributed by atoms with Crippen molar-refractivity contribution in [2.75, 3.05) is 13.1 Å². The largest absolute Gasteiger partial charge is 0.468 e. The van der Waals surface area contributed by atoms with Gasteiger partial charge in [0.1, 0.15) is 18.2 Å². The van der Waals surface area contributed by atoms with Crippen LogP contribution >= 0.6 is 0 Å². The molecule has 6 heteroatoms. The normalized spacial score (nSPS) is 18.7. The van der Waals surface area contributed by atoms with E-state index in [1.165, 1.54) is 37.8 Å². The lowest BCUT2D eigenvalue weighted by Crippen LogP contribution is -2.45. The van der Waals surface area contributed by atoms with E-state index in [1.807, 2.05) is 24.3 Å². The van der Waals surface area contributed by atoms with Crippen molar-refractivity contribution in [2.45, 2.75) is 51.4 Å². The monoisotopic (exact) mass is 424 g/mol. The number of carbonyl (C=O) groups excluding carboxylic acids is 1. The highest BCUT2D eigenvalue weighted by molar-refractivity contribution is 5.57. The molecule has 2 aromatic rings. The number of aryl methyl sites for hydroxylation is 1. The van der Waals surface area contributed by atoms with E-state index < -0.39 is 6.23 Å². The summed E-state index contributed by atoms with van der Waals surface area (Å²) in [6, 6.07) is 14.0. The minimum absolute atomic E-state index is 0.261. The molecular weight excluding hydrogens is 395 g/mol. The molecule has 0 amide bonds. The molecule has 1 aliphatic heterocycles. The zero-order chi connectivity index (χ0) is 21.5. The van der Waals surface area contributed by atoms with Crippen molar-refractivity contribution in [3.05, 3.63) is 65.5 Å². The number of benzene rings is 2. The maximum atomic E-state index is 12.9. The molecule has 0 N–H and O–H groups in total. The Morgan fingerprint density at radius 1 is 1.00 bits per heavy atom. The molecule has 1 unspecified atom stereocenters. The Kier molecular flexibility index (Phi) is 6.97. The maximum absolute atomic E-state index is 12.9. The molecule has 5 nitrogen and oxygen atoms in total. The Bertz CT molecular complexity index is 869. The lowest BCUT2D eigenvalue weighted by Gasteiger charge is -2.35. The van der Waals surface area contributed by atoms with Gasteiger partial charge >= 0.3 is 0 Å². The molecule has 0 aromatic heterocycles. The number of carbonyl (C=O) groups is 1. The van der Waals surface area contributed by atoms with E-state index in [2.05, 4.69) is 10.1 Å². The van der Waals surface area contributed by atoms with Crippen molar-refractivity contribution in [2.24, 2.45) is 10.6 Å². The Balaban J connectivity index is 1.17. The van der Waals surface area contributed by atoms with Crippen LogP contribution < -0.4 is 4.74 Å².